The molecule has 2 heterocycles. The number of hydrogen-bond donors (Lipinski definition) is 1. The highest BCUT2D eigenvalue weighted by Gasteiger charge is 2.13. The van der Waals surface area contributed by atoms with E-state index in [1.807, 2.05) is 67.4 Å². The number of nitrogens with zero attached hydrogens (tertiary/aromatic N) is 2. The average molecular weight is 369 g/mol. The van der Waals surface area contributed by atoms with Crippen molar-refractivity contribution in [2.75, 3.05) is 0 Å². The summed E-state index contributed by atoms with van der Waals surface area (Å²) >= 11 is 1.44. The van der Waals surface area contributed by atoms with Gasteiger partial charge in [-0.05, 0) is 49.4 Å². The second kappa shape index (κ2) is 8.19. The van der Waals surface area contributed by atoms with E-state index in [9.17, 15) is 4.79 Å². The third kappa shape index (κ3) is 4.52. The topological polar surface area (TPSA) is 56.1 Å². The average Bonchev–Trinajstić information content (AvgIpc) is 3.26. The van der Waals surface area contributed by atoms with Crippen molar-refractivity contribution in [3.8, 4) is 5.75 Å². The van der Waals surface area contributed by atoms with Crippen LogP contribution in [0.5, 0.6) is 5.75 Å². The number of amides is 1. The quantitative estimate of drug-likeness (QED) is 0.686. The molecule has 0 radical (unpaired) electrons. The molecule has 1 amide bonds. The zero-order valence-corrected chi connectivity index (χ0v) is 16.0. The maximum Gasteiger partial charge on any atom is 0.261 e. The van der Waals surface area contributed by atoms with Gasteiger partial charge in [0.25, 0.3) is 5.91 Å². The lowest BCUT2D eigenvalue weighted by Crippen LogP contribution is -2.35. The van der Waals surface area contributed by atoms with Gasteiger partial charge in [-0.25, -0.2) is 0 Å². The minimum Gasteiger partial charge on any atom is -0.488 e. The molecule has 1 aromatic carbocycles. The lowest BCUT2D eigenvalue weighted by Gasteiger charge is -2.13. The fraction of sp³-hybridized carbons (Fsp3) is 0.300. The summed E-state index contributed by atoms with van der Waals surface area (Å²) in [5, 5.41) is 9.14. The molecule has 1 atom stereocenters. The molecule has 0 spiro atoms. The van der Waals surface area contributed by atoms with Gasteiger partial charge in [-0.15, -0.1) is 11.3 Å². The molecule has 0 aliphatic carbocycles. The van der Waals surface area contributed by atoms with Crippen LogP contribution < -0.4 is 10.1 Å². The lowest BCUT2D eigenvalue weighted by atomic mass is 10.1. The number of nitrogens with one attached hydrogen (secondary N) is 1. The van der Waals surface area contributed by atoms with E-state index in [1.54, 1.807) is 6.20 Å². The van der Waals surface area contributed by atoms with E-state index in [0.29, 0.717) is 18.0 Å². The van der Waals surface area contributed by atoms with Crippen molar-refractivity contribution in [2.45, 2.75) is 40.0 Å². The maximum absolute atomic E-state index is 12.4. The van der Waals surface area contributed by atoms with Crippen molar-refractivity contribution in [3.05, 3.63) is 69.7 Å². The summed E-state index contributed by atoms with van der Waals surface area (Å²) in [5.41, 5.74) is 3.24. The van der Waals surface area contributed by atoms with Crippen LogP contribution >= 0.6 is 11.3 Å². The normalized spacial score (nSPS) is 12.0. The summed E-state index contributed by atoms with van der Waals surface area (Å²) in [6.45, 7) is 7.15. The van der Waals surface area contributed by atoms with E-state index >= 15 is 0 Å². The molecule has 26 heavy (non-hydrogen) atoms. The minimum atomic E-state index is -0.0621. The number of hydrogen-bond acceptors (Lipinski definition) is 4. The van der Waals surface area contributed by atoms with Gasteiger partial charge in [0.05, 0.1) is 11.4 Å². The Balaban J connectivity index is 1.56. The summed E-state index contributed by atoms with van der Waals surface area (Å²) in [6, 6.07) is 9.87. The van der Waals surface area contributed by atoms with E-state index in [4.69, 9.17) is 4.74 Å². The van der Waals surface area contributed by atoms with Crippen molar-refractivity contribution in [1.29, 1.82) is 0 Å². The largest absolute Gasteiger partial charge is 0.488 e. The molecule has 0 fully saturated rings. The highest BCUT2D eigenvalue weighted by Crippen LogP contribution is 2.24. The van der Waals surface area contributed by atoms with Crippen LogP contribution in [0.15, 0.2) is 48.1 Å². The van der Waals surface area contributed by atoms with Crippen LogP contribution in [0.2, 0.25) is 0 Å². The summed E-state index contributed by atoms with van der Waals surface area (Å²) in [4.78, 5) is 13.1. The smallest absolute Gasteiger partial charge is 0.261 e. The number of benzene rings is 1. The fourth-order valence-corrected chi connectivity index (χ4v) is 3.58. The predicted octanol–water partition coefficient (Wildman–Crippen LogP) is 3.96. The van der Waals surface area contributed by atoms with Crippen molar-refractivity contribution in [3.63, 3.8) is 0 Å². The highest BCUT2D eigenvalue weighted by atomic mass is 32.1. The maximum atomic E-state index is 12.4. The Bertz CT molecular complexity index is 851. The Morgan fingerprint density at radius 3 is 2.77 bits per heavy atom. The van der Waals surface area contributed by atoms with Crippen LogP contribution in [0.4, 0.5) is 0 Å². The summed E-state index contributed by atoms with van der Waals surface area (Å²) in [6.07, 6.45) is 3.62. The molecule has 1 unspecified atom stereocenters. The Kier molecular flexibility index (Phi) is 5.73. The van der Waals surface area contributed by atoms with Gasteiger partial charge >= 0.3 is 0 Å². The van der Waals surface area contributed by atoms with Gasteiger partial charge in [-0.3, -0.25) is 9.48 Å². The zero-order chi connectivity index (χ0) is 18.5. The van der Waals surface area contributed by atoms with Gasteiger partial charge in [-0.2, -0.15) is 5.10 Å². The summed E-state index contributed by atoms with van der Waals surface area (Å²) < 4.78 is 7.77. The van der Waals surface area contributed by atoms with Crippen LogP contribution in [0.3, 0.4) is 0 Å². The second-order valence-corrected chi connectivity index (χ2v) is 7.34. The van der Waals surface area contributed by atoms with Crippen LogP contribution in [0.1, 0.15) is 33.3 Å². The molecular weight excluding hydrogens is 346 g/mol. The van der Waals surface area contributed by atoms with E-state index in [-0.39, 0.29) is 11.9 Å². The molecule has 1 N–H and O–H groups in total. The molecular formula is C20H23N3O2S. The number of aromatic nitrogens is 2. The van der Waals surface area contributed by atoms with Gasteiger partial charge < -0.3 is 10.1 Å². The number of thiophene rings is 1. The Hall–Kier alpha value is -2.60. The SMILES string of the molecule is Cc1cccc(C)c1OCc1csc(C(=O)NC(C)Cn2cccn2)c1. The number of rotatable bonds is 7. The zero-order valence-electron chi connectivity index (χ0n) is 15.2. The Labute approximate surface area is 157 Å². The van der Waals surface area contributed by atoms with Crippen LogP contribution in [-0.2, 0) is 13.2 Å². The number of carbonyl (C=O) groups is 1. The monoisotopic (exact) mass is 369 g/mol. The van der Waals surface area contributed by atoms with Gasteiger partial charge in [0.15, 0.2) is 0 Å². The number of para-hydroxylation sites is 1. The van der Waals surface area contributed by atoms with Gasteiger partial charge in [-0.1, -0.05) is 18.2 Å². The van der Waals surface area contributed by atoms with E-state index in [0.717, 1.165) is 22.4 Å². The molecule has 6 heteroatoms. The number of carbonyl (C=O) groups excluding carboxylic acids is 1. The molecule has 2 aromatic heterocycles. The third-order valence-electron chi connectivity index (χ3n) is 4.07. The van der Waals surface area contributed by atoms with Crippen LogP contribution in [0, 0.1) is 13.8 Å². The molecule has 3 aromatic rings. The molecule has 0 aliphatic rings. The first-order chi connectivity index (χ1) is 12.5. The molecule has 3 rings (SSSR count). The van der Waals surface area contributed by atoms with Gasteiger partial charge in [0.1, 0.15) is 12.4 Å². The Morgan fingerprint density at radius 1 is 1.31 bits per heavy atom. The minimum absolute atomic E-state index is 0.00109. The highest BCUT2D eigenvalue weighted by molar-refractivity contribution is 7.12. The lowest BCUT2D eigenvalue weighted by molar-refractivity contribution is 0.0940. The first-order valence-electron chi connectivity index (χ1n) is 8.57. The first-order valence-corrected chi connectivity index (χ1v) is 9.45. The summed E-state index contributed by atoms with van der Waals surface area (Å²) in [7, 11) is 0. The van der Waals surface area contributed by atoms with Crippen LogP contribution in [0.25, 0.3) is 0 Å². The van der Waals surface area contributed by atoms with E-state index < -0.39 is 0 Å². The molecule has 0 bridgehead atoms. The van der Waals surface area contributed by atoms with Crippen molar-refractivity contribution < 1.29 is 9.53 Å². The molecule has 136 valence electrons. The van der Waals surface area contributed by atoms with Crippen molar-refractivity contribution in [2.24, 2.45) is 0 Å². The van der Waals surface area contributed by atoms with Crippen molar-refractivity contribution in [1.82, 2.24) is 15.1 Å². The number of ether oxygens (including phenoxy) is 1. The third-order valence-corrected chi connectivity index (χ3v) is 5.04. The standard InChI is InChI=1S/C20H23N3O2S/c1-14-6-4-7-15(2)19(14)25-12-17-10-18(26-13-17)20(24)22-16(3)11-23-9-5-8-21-23/h4-10,13,16H,11-12H2,1-3H3,(H,22,24). The molecule has 0 saturated carbocycles. The van der Waals surface area contributed by atoms with Gasteiger partial charge in [0, 0.05) is 24.0 Å². The molecule has 0 aliphatic heterocycles. The fourth-order valence-electron chi connectivity index (χ4n) is 2.78. The van der Waals surface area contributed by atoms with E-state index in [2.05, 4.69) is 10.4 Å². The van der Waals surface area contributed by atoms with E-state index in [1.165, 1.54) is 11.3 Å². The number of aryl methyl sites for hydroxylation is 2. The Morgan fingerprint density at radius 2 is 2.08 bits per heavy atom. The molecule has 0 saturated heterocycles. The van der Waals surface area contributed by atoms with Crippen molar-refractivity contribution >= 4 is 17.2 Å². The predicted molar refractivity (Wildman–Crippen MR) is 104 cm³/mol. The van der Waals surface area contributed by atoms with Crippen LogP contribution in [-0.4, -0.2) is 21.7 Å². The molecule has 5 nitrogen and oxygen atoms in total. The first kappa shape index (κ1) is 18.2. The summed E-state index contributed by atoms with van der Waals surface area (Å²) in [5.74, 6) is 0.852. The second-order valence-electron chi connectivity index (χ2n) is 6.43. The van der Waals surface area contributed by atoms with Gasteiger partial charge in [0.2, 0.25) is 0 Å².